The van der Waals surface area contributed by atoms with Crippen molar-refractivity contribution in [3.8, 4) is 0 Å². The third-order valence-electron chi connectivity index (χ3n) is 3.87. The summed E-state index contributed by atoms with van der Waals surface area (Å²) in [5, 5.41) is 3.39. The summed E-state index contributed by atoms with van der Waals surface area (Å²) in [5.41, 5.74) is 3.66. The molecule has 0 unspecified atom stereocenters. The molecule has 0 aliphatic carbocycles. The summed E-state index contributed by atoms with van der Waals surface area (Å²) >= 11 is 0. The molecule has 3 rings (SSSR count). The van der Waals surface area contributed by atoms with E-state index in [0.717, 1.165) is 49.6 Å². The van der Waals surface area contributed by atoms with Crippen LogP contribution < -0.4 is 5.32 Å². The molecular weight excluding hydrogens is 248 g/mol. The zero-order valence-corrected chi connectivity index (χ0v) is 12.7. The molecule has 0 atom stereocenters. The molecule has 1 saturated heterocycles. The number of hydrogen-bond acceptors (Lipinski definition) is 3. The van der Waals surface area contributed by atoms with Crippen molar-refractivity contribution in [2.24, 2.45) is 0 Å². The van der Waals surface area contributed by atoms with Crippen LogP contribution in [0.15, 0.2) is 18.2 Å². The van der Waals surface area contributed by atoms with E-state index in [1.807, 2.05) is 0 Å². The van der Waals surface area contributed by atoms with Crippen molar-refractivity contribution in [2.75, 3.05) is 26.2 Å². The van der Waals surface area contributed by atoms with Gasteiger partial charge in [-0.15, -0.1) is 0 Å². The molecule has 4 heteroatoms. The molecule has 1 fully saturated rings. The van der Waals surface area contributed by atoms with Gasteiger partial charge in [-0.2, -0.15) is 0 Å². The number of imidazole rings is 1. The summed E-state index contributed by atoms with van der Waals surface area (Å²) in [5.74, 6) is 1.06. The number of nitrogens with one attached hydrogen (secondary N) is 2. The average Bonchev–Trinajstić information content (AvgIpc) is 2.83. The van der Waals surface area contributed by atoms with Gasteiger partial charge in [0, 0.05) is 38.1 Å². The van der Waals surface area contributed by atoms with Crippen molar-refractivity contribution >= 4 is 11.0 Å². The van der Waals surface area contributed by atoms with Crippen LogP contribution in [0.25, 0.3) is 11.0 Å². The lowest BCUT2D eigenvalue weighted by Gasteiger charge is -2.27. The van der Waals surface area contributed by atoms with E-state index in [0.29, 0.717) is 0 Å². The highest BCUT2D eigenvalue weighted by molar-refractivity contribution is 5.76. The molecule has 0 saturated carbocycles. The van der Waals surface area contributed by atoms with E-state index >= 15 is 0 Å². The minimum absolute atomic E-state index is 0.0672. The standard InChI is InChI=1S/C16H24N4/c1-16(2,3)15-18-13-5-4-12(10-14(13)19-15)11-20-8-6-17-7-9-20/h4-5,10,17H,6-9,11H2,1-3H3,(H,18,19). The largest absolute Gasteiger partial charge is 0.342 e. The fourth-order valence-electron chi connectivity index (χ4n) is 2.64. The van der Waals surface area contributed by atoms with E-state index in [1.165, 1.54) is 5.56 Å². The topological polar surface area (TPSA) is 44.0 Å². The van der Waals surface area contributed by atoms with Crippen molar-refractivity contribution in [2.45, 2.75) is 32.7 Å². The normalized spacial score (nSPS) is 17.8. The van der Waals surface area contributed by atoms with Crippen molar-refractivity contribution in [1.29, 1.82) is 0 Å². The number of nitrogens with zero attached hydrogens (tertiary/aromatic N) is 2. The summed E-state index contributed by atoms with van der Waals surface area (Å²) in [6, 6.07) is 6.59. The number of piperazine rings is 1. The average molecular weight is 272 g/mol. The third-order valence-corrected chi connectivity index (χ3v) is 3.87. The molecule has 2 N–H and O–H groups in total. The van der Waals surface area contributed by atoms with Crippen LogP contribution in [0.5, 0.6) is 0 Å². The number of aromatic nitrogens is 2. The van der Waals surface area contributed by atoms with Crippen molar-refractivity contribution in [3.63, 3.8) is 0 Å². The van der Waals surface area contributed by atoms with Crippen molar-refractivity contribution < 1.29 is 0 Å². The molecule has 4 nitrogen and oxygen atoms in total. The second kappa shape index (κ2) is 5.19. The summed E-state index contributed by atoms with van der Waals surface area (Å²) in [7, 11) is 0. The Bertz CT molecular complexity index is 588. The Morgan fingerprint density at radius 1 is 1.20 bits per heavy atom. The fourth-order valence-corrected chi connectivity index (χ4v) is 2.64. The molecule has 1 aromatic carbocycles. The summed E-state index contributed by atoms with van der Waals surface area (Å²) in [6.45, 7) is 12.1. The quantitative estimate of drug-likeness (QED) is 0.881. The minimum atomic E-state index is 0.0672. The molecule has 1 aliphatic rings. The predicted octanol–water partition coefficient (Wildman–Crippen LogP) is 2.27. The lowest BCUT2D eigenvalue weighted by atomic mass is 9.96. The number of rotatable bonds is 2. The first kappa shape index (κ1) is 13.6. The zero-order valence-electron chi connectivity index (χ0n) is 12.7. The molecule has 20 heavy (non-hydrogen) atoms. The van der Waals surface area contributed by atoms with Gasteiger partial charge in [0.15, 0.2) is 0 Å². The van der Waals surface area contributed by atoms with Crippen LogP contribution in [0.3, 0.4) is 0 Å². The summed E-state index contributed by atoms with van der Waals surface area (Å²) < 4.78 is 0. The number of aromatic amines is 1. The van der Waals surface area contributed by atoms with Crippen LogP contribution >= 0.6 is 0 Å². The Balaban J connectivity index is 1.82. The van der Waals surface area contributed by atoms with Gasteiger partial charge in [-0.05, 0) is 17.7 Å². The number of hydrogen-bond donors (Lipinski definition) is 2. The molecule has 2 aromatic rings. The van der Waals surface area contributed by atoms with Crippen LogP contribution in [0.4, 0.5) is 0 Å². The van der Waals surface area contributed by atoms with Crippen LogP contribution in [0, 0.1) is 0 Å². The van der Waals surface area contributed by atoms with E-state index in [4.69, 9.17) is 4.98 Å². The molecule has 0 spiro atoms. The van der Waals surface area contributed by atoms with Crippen LogP contribution in [-0.2, 0) is 12.0 Å². The summed E-state index contributed by atoms with van der Waals surface area (Å²) in [4.78, 5) is 10.7. The first-order valence-electron chi connectivity index (χ1n) is 7.44. The van der Waals surface area contributed by atoms with Crippen molar-refractivity contribution in [3.05, 3.63) is 29.6 Å². The Morgan fingerprint density at radius 3 is 2.65 bits per heavy atom. The van der Waals surface area contributed by atoms with E-state index < -0.39 is 0 Å². The Labute approximate surface area is 120 Å². The summed E-state index contributed by atoms with van der Waals surface area (Å²) in [6.07, 6.45) is 0. The molecule has 2 heterocycles. The van der Waals surface area contributed by atoms with Gasteiger partial charge < -0.3 is 10.3 Å². The zero-order chi connectivity index (χ0) is 14.2. The third kappa shape index (κ3) is 2.86. The van der Waals surface area contributed by atoms with E-state index in [-0.39, 0.29) is 5.41 Å². The number of H-pyrrole nitrogens is 1. The number of fused-ring (bicyclic) bond motifs is 1. The van der Waals surface area contributed by atoms with Gasteiger partial charge in [0.1, 0.15) is 5.82 Å². The molecule has 1 aliphatic heterocycles. The number of benzene rings is 1. The van der Waals surface area contributed by atoms with Gasteiger partial charge in [0.05, 0.1) is 11.0 Å². The first-order valence-corrected chi connectivity index (χ1v) is 7.44. The molecule has 0 amide bonds. The second-order valence-electron chi connectivity index (χ2n) is 6.71. The SMILES string of the molecule is CC(C)(C)c1nc2ccc(CN3CCNCC3)cc2[nH]1. The Hall–Kier alpha value is -1.39. The van der Waals surface area contributed by atoms with Crippen molar-refractivity contribution in [1.82, 2.24) is 20.2 Å². The van der Waals surface area contributed by atoms with Gasteiger partial charge in [-0.25, -0.2) is 4.98 Å². The lowest BCUT2D eigenvalue weighted by Crippen LogP contribution is -2.42. The lowest BCUT2D eigenvalue weighted by molar-refractivity contribution is 0.233. The molecule has 0 bridgehead atoms. The van der Waals surface area contributed by atoms with Gasteiger partial charge >= 0.3 is 0 Å². The van der Waals surface area contributed by atoms with Gasteiger partial charge in [0.25, 0.3) is 0 Å². The van der Waals surface area contributed by atoms with Gasteiger partial charge in [-0.3, -0.25) is 4.90 Å². The van der Waals surface area contributed by atoms with Crippen LogP contribution in [0.2, 0.25) is 0 Å². The van der Waals surface area contributed by atoms with Crippen LogP contribution in [0.1, 0.15) is 32.2 Å². The first-order chi connectivity index (χ1) is 9.52. The highest BCUT2D eigenvalue weighted by atomic mass is 15.2. The second-order valence-corrected chi connectivity index (χ2v) is 6.71. The molecule has 1 aromatic heterocycles. The van der Waals surface area contributed by atoms with E-state index in [9.17, 15) is 0 Å². The minimum Gasteiger partial charge on any atom is -0.342 e. The maximum absolute atomic E-state index is 4.69. The maximum Gasteiger partial charge on any atom is 0.112 e. The smallest absolute Gasteiger partial charge is 0.112 e. The van der Waals surface area contributed by atoms with Gasteiger partial charge in [-0.1, -0.05) is 26.8 Å². The fraction of sp³-hybridized carbons (Fsp3) is 0.562. The Morgan fingerprint density at radius 2 is 1.95 bits per heavy atom. The highest BCUT2D eigenvalue weighted by Gasteiger charge is 2.18. The maximum atomic E-state index is 4.69. The van der Waals surface area contributed by atoms with E-state index in [1.54, 1.807) is 0 Å². The van der Waals surface area contributed by atoms with Gasteiger partial charge in [0.2, 0.25) is 0 Å². The van der Waals surface area contributed by atoms with E-state index in [2.05, 4.69) is 54.2 Å². The Kier molecular flexibility index (Phi) is 3.52. The molecule has 0 radical (unpaired) electrons. The molecular formula is C16H24N4. The predicted molar refractivity (Wildman–Crippen MR) is 82.9 cm³/mol. The molecule has 108 valence electrons. The highest BCUT2D eigenvalue weighted by Crippen LogP contribution is 2.23. The monoisotopic (exact) mass is 272 g/mol. The van der Waals surface area contributed by atoms with Crippen LogP contribution in [-0.4, -0.2) is 41.0 Å².